The van der Waals surface area contributed by atoms with Gasteiger partial charge < -0.3 is 9.47 Å². The maximum Gasteiger partial charge on any atom is 0.421 e. The average Bonchev–Trinajstić information content (AvgIpc) is 2.52. The number of carbonyl (C=O) groups is 2. The third kappa shape index (κ3) is 3.55. The Morgan fingerprint density at radius 1 is 1.43 bits per heavy atom. The molecule has 1 unspecified atom stereocenters. The Kier molecular flexibility index (Phi) is 5.42. The van der Waals surface area contributed by atoms with Crippen LogP contribution in [0.2, 0.25) is 0 Å². The second-order valence-electron chi connectivity index (χ2n) is 5.85. The summed E-state index contributed by atoms with van der Waals surface area (Å²) in [5.41, 5.74) is 1.27. The predicted octanol–water partition coefficient (Wildman–Crippen LogP) is 4.02. The highest BCUT2D eigenvalue weighted by molar-refractivity contribution is 6.16. The van der Waals surface area contributed by atoms with E-state index in [2.05, 4.69) is 0 Å². The van der Waals surface area contributed by atoms with Crippen LogP contribution in [0.5, 0.6) is 5.75 Å². The topological polar surface area (TPSA) is 55.8 Å². The molecule has 5 heteroatoms. The molecule has 0 radical (unpaired) electrons. The molecular formula is C18H23NO4. The van der Waals surface area contributed by atoms with Crippen molar-refractivity contribution in [2.24, 2.45) is 5.92 Å². The van der Waals surface area contributed by atoms with E-state index in [1.807, 2.05) is 45.9 Å². The lowest BCUT2D eigenvalue weighted by molar-refractivity contribution is -0.126. The lowest BCUT2D eigenvalue weighted by atomic mass is 10.1. The summed E-state index contributed by atoms with van der Waals surface area (Å²) in [5, 5.41) is 0. The van der Waals surface area contributed by atoms with Gasteiger partial charge in [0.15, 0.2) is 11.9 Å². The summed E-state index contributed by atoms with van der Waals surface area (Å²) in [5.74, 6) is 0.357. The number of para-hydroxylation sites is 1. The number of ether oxygens (including phenoxy) is 2. The van der Waals surface area contributed by atoms with Crippen LogP contribution in [0.15, 0.2) is 24.3 Å². The highest BCUT2D eigenvalue weighted by Crippen LogP contribution is 2.38. The van der Waals surface area contributed by atoms with E-state index in [1.54, 1.807) is 12.1 Å². The van der Waals surface area contributed by atoms with Crippen molar-refractivity contribution in [3.05, 3.63) is 29.8 Å². The quantitative estimate of drug-likeness (QED) is 0.841. The number of nitrogens with zero attached hydrogens (tertiary/aromatic N) is 1. The van der Waals surface area contributed by atoms with Crippen LogP contribution in [-0.4, -0.2) is 24.7 Å². The molecule has 0 fully saturated rings. The van der Waals surface area contributed by atoms with E-state index >= 15 is 0 Å². The number of allylic oxidation sites excluding steroid dienone is 1. The second-order valence-corrected chi connectivity index (χ2v) is 5.85. The van der Waals surface area contributed by atoms with Crippen LogP contribution in [0.1, 0.15) is 39.7 Å². The van der Waals surface area contributed by atoms with Gasteiger partial charge in [-0.25, -0.2) is 9.69 Å². The molecule has 1 aliphatic heterocycles. The zero-order valence-electron chi connectivity index (χ0n) is 14.0. The molecule has 1 atom stereocenters. The van der Waals surface area contributed by atoms with Crippen LogP contribution in [0.4, 0.5) is 10.5 Å². The molecule has 0 saturated heterocycles. The number of rotatable bonds is 4. The van der Waals surface area contributed by atoms with Crippen molar-refractivity contribution < 1.29 is 19.1 Å². The van der Waals surface area contributed by atoms with Crippen LogP contribution >= 0.6 is 0 Å². The number of hydrogen-bond donors (Lipinski definition) is 0. The fraction of sp³-hybridized carbons (Fsp3) is 0.444. The highest BCUT2D eigenvalue weighted by atomic mass is 16.6. The summed E-state index contributed by atoms with van der Waals surface area (Å²) in [4.78, 5) is 26.1. The van der Waals surface area contributed by atoms with Crippen molar-refractivity contribution in [1.82, 2.24) is 0 Å². The number of anilines is 1. The van der Waals surface area contributed by atoms with E-state index in [1.165, 1.54) is 0 Å². The Hall–Kier alpha value is -2.30. The molecule has 124 valence electrons. The standard InChI is InChI=1S/C18H23NO4/c1-5-8-13-9-7-10-14-16(13)23-15(6-2)17(20)19(14)18(21)22-11-12(3)4/h5,7-10,12,15H,6,11H2,1-4H3/b8-5+. The molecule has 1 aliphatic rings. The molecule has 2 rings (SSSR count). The number of carbonyl (C=O) groups excluding carboxylic acids is 2. The van der Waals surface area contributed by atoms with Gasteiger partial charge in [-0.1, -0.05) is 45.1 Å². The molecule has 2 amide bonds. The largest absolute Gasteiger partial charge is 0.478 e. The van der Waals surface area contributed by atoms with E-state index in [0.29, 0.717) is 17.9 Å². The molecule has 1 aromatic carbocycles. The third-order valence-electron chi connectivity index (χ3n) is 3.46. The summed E-state index contributed by atoms with van der Waals surface area (Å²) < 4.78 is 11.1. The van der Waals surface area contributed by atoms with Crippen molar-refractivity contribution in [1.29, 1.82) is 0 Å². The summed E-state index contributed by atoms with van der Waals surface area (Å²) in [6.45, 7) is 7.91. The first-order valence-corrected chi connectivity index (χ1v) is 7.92. The van der Waals surface area contributed by atoms with Crippen molar-refractivity contribution >= 4 is 23.8 Å². The Balaban J connectivity index is 2.44. The first-order valence-electron chi connectivity index (χ1n) is 7.92. The minimum absolute atomic E-state index is 0.200. The normalized spacial score (nSPS) is 17.3. The third-order valence-corrected chi connectivity index (χ3v) is 3.46. The first-order chi connectivity index (χ1) is 11.0. The molecule has 5 nitrogen and oxygen atoms in total. The molecule has 0 bridgehead atoms. The van der Waals surface area contributed by atoms with Crippen molar-refractivity contribution in [3.8, 4) is 5.75 Å². The Bertz CT molecular complexity index is 621. The van der Waals surface area contributed by atoms with Gasteiger partial charge in [-0.2, -0.15) is 0 Å². The van der Waals surface area contributed by atoms with Gasteiger partial charge in [0.05, 0.1) is 12.3 Å². The number of hydrogen-bond acceptors (Lipinski definition) is 4. The van der Waals surface area contributed by atoms with Crippen LogP contribution in [0.3, 0.4) is 0 Å². The summed E-state index contributed by atoms with van der Waals surface area (Å²) in [6.07, 6.45) is 2.93. The Labute approximate surface area is 136 Å². The molecule has 1 heterocycles. The van der Waals surface area contributed by atoms with Gasteiger partial charge in [-0.15, -0.1) is 0 Å². The Morgan fingerprint density at radius 2 is 2.17 bits per heavy atom. The van der Waals surface area contributed by atoms with Gasteiger partial charge in [0.1, 0.15) is 0 Å². The fourth-order valence-corrected chi connectivity index (χ4v) is 2.36. The van der Waals surface area contributed by atoms with Crippen LogP contribution in [0.25, 0.3) is 6.08 Å². The zero-order valence-corrected chi connectivity index (χ0v) is 14.0. The van der Waals surface area contributed by atoms with Gasteiger partial charge in [0.25, 0.3) is 5.91 Å². The molecule has 0 saturated carbocycles. The van der Waals surface area contributed by atoms with Gasteiger partial charge in [-0.05, 0) is 25.3 Å². The van der Waals surface area contributed by atoms with Crippen LogP contribution < -0.4 is 9.64 Å². The van der Waals surface area contributed by atoms with Crippen molar-refractivity contribution in [2.45, 2.75) is 40.2 Å². The number of fused-ring (bicyclic) bond motifs is 1. The van der Waals surface area contributed by atoms with Crippen molar-refractivity contribution in [2.75, 3.05) is 11.5 Å². The van der Waals surface area contributed by atoms with E-state index in [9.17, 15) is 9.59 Å². The number of benzene rings is 1. The average molecular weight is 317 g/mol. The fourth-order valence-electron chi connectivity index (χ4n) is 2.36. The summed E-state index contributed by atoms with van der Waals surface area (Å²) >= 11 is 0. The summed E-state index contributed by atoms with van der Waals surface area (Å²) in [6, 6.07) is 5.38. The summed E-state index contributed by atoms with van der Waals surface area (Å²) in [7, 11) is 0. The number of amides is 2. The molecule has 1 aromatic rings. The van der Waals surface area contributed by atoms with E-state index in [4.69, 9.17) is 9.47 Å². The molecule has 23 heavy (non-hydrogen) atoms. The minimum atomic E-state index is -0.680. The molecular weight excluding hydrogens is 294 g/mol. The maximum atomic E-state index is 12.6. The van der Waals surface area contributed by atoms with Gasteiger partial charge in [-0.3, -0.25) is 4.79 Å². The number of imide groups is 1. The molecule has 0 aliphatic carbocycles. The van der Waals surface area contributed by atoms with Crippen LogP contribution in [0, 0.1) is 5.92 Å². The smallest absolute Gasteiger partial charge is 0.421 e. The molecule has 0 aromatic heterocycles. The predicted molar refractivity (Wildman–Crippen MR) is 89.5 cm³/mol. The molecule has 0 N–H and O–H groups in total. The maximum absolute atomic E-state index is 12.6. The van der Waals surface area contributed by atoms with E-state index in [-0.39, 0.29) is 18.4 Å². The zero-order chi connectivity index (χ0) is 17.0. The molecule has 0 spiro atoms. The lowest BCUT2D eigenvalue weighted by Crippen LogP contribution is -2.49. The van der Waals surface area contributed by atoms with Gasteiger partial charge >= 0.3 is 6.09 Å². The lowest BCUT2D eigenvalue weighted by Gasteiger charge is -2.33. The monoisotopic (exact) mass is 317 g/mol. The van der Waals surface area contributed by atoms with Crippen molar-refractivity contribution in [3.63, 3.8) is 0 Å². The van der Waals surface area contributed by atoms with Crippen LogP contribution in [-0.2, 0) is 9.53 Å². The van der Waals surface area contributed by atoms with E-state index in [0.717, 1.165) is 10.5 Å². The minimum Gasteiger partial charge on any atom is -0.478 e. The SMILES string of the molecule is C/C=C/c1cccc2c1OC(CC)C(=O)N2C(=O)OCC(C)C. The van der Waals surface area contributed by atoms with Gasteiger partial charge in [0, 0.05) is 5.56 Å². The second kappa shape index (κ2) is 7.31. The van der Waals surface area contributed by atoms with Gasteiger partial charge in [0.2, 0.25) is 0 Å². The Morgan fingerprint density at radius 3 is 2.78 bits per heavy atom. The highest BCUT2D eigenvalue weighted by Gasteiger charge is 2.39. The van der Waals surface area contributed by atoms with E-state index < -0.39 is 12.2 Å². The first kappa shape index (κ1) is 17.1.